The Morgan fingerprint density at radius 3 is 2.70 bits per heavy atom. The molecule has 0 saturated carbocycles. The van der Waals surface area contributed by atoms with Crippen LogP contribution in [0.2, 0.25) is 0 Å². The van der Waals surface area contributed by atoms with Gasteiger partial charge in [-0.2, -0.15) is 13.2 Å². The van der Waals surface area contributed by atoms with E-state index in [2.05, 4.69) is 4.99 Å². The molecule has 0 unspecified atom stereocenters. The first-order chi connectivity index (χ1) is 10.8. The molecule has 3 aliphatic heterocycles. The number of hydrogen-bond donors (Lipinski definition) is 0. The number of halogens is 3. The van der Waals surface area contributed by atoms with E-state index in [1.807, 2.05) is 18.7 Å². The highest BCUT2D eigenvalue weighted by atomic mass is 19.4. The van der Waals surface area contributed by atoms with Crippen molar-refractivity contribution in [2.45, 2.75) is 26.4 Å². The van der Waals surface area contributed by atoms with E-state index < -0.39 is 12.6 Å². The predicted octanol–water partition coefficient (Wildman–Crippen LogP) is 2.82. The molecule has 23 heavy (non-hydrogen) atoms. The highest BCUT2D eigenvalue weighted by molar-refractivity contribution is 5.82. The second-order valence-electron chi connectivity index (χ2n) is 5.85. The summed E-state index contributed by atoms with van der Waals surface area (Å²) in [6.45, 7) is 4.73. The summed E-state index contributed by atoms with van der Waals surface area (Å²) in [5, 5.41) is 1.62. The van der Waals surface area contributed by atoms with E-state index in [0.717, 1.165) is 28.4 Å². The fraction of sp³-hybridized carbons (Fsp3) is 0.533. The number of hydrogen-bond acceptors (Lipinski definition) is 5. The average Bonchev–Trinajstić information content (AvgIpc) is 2.91. The van der Waals surface area contributed by atoms with Crippen molar-refractivity contribution < 1.29 is 18.0 Å². The Labute approximate surface area is 133 Å². The van der Waals surface area contributed by atoms with Crippen molar-refractivity contribution in [1.82, 2.24) is 14.9 Å². The number of fused-ring (bicyclic) bond motifs is 2. The van der Waals surface area contributed by atoms with Crippen LogP contribution in [0.4, 0.5) is 13.2 Å². The van der Waals surface area contributed by atoms with Gasteiger partial charge in [0.2, 0.25) is 0 Å². The molecule has 0 saturated heterocycles. The molecule has 3 rings (SSSR count). The Bertz CT molecular complexity index is 633. The topological polar surface area (TPSA) is 31.3 Å². The second kappa shape index (κ2) is 5.59. The molecule has 5 nitrogen and oxygen atoms in total. The van der Waals surface area contributed by atoms with Gasteiger partial charge in [0.15, 0.2) is 0 Å². The van der Waals surface area contributed by atoms with Gasteiger partial charge in [-0.3, -0.25) is 9.83 Å². The summed E-state index contributed by atoms with van der Waals surface area (Å²) in [7, 11) is 1.56. The molecule has 0 amide bonds. The summed E-state index contributed by atoms with van der Waals surface area (Å²) in [6.07, 6.45) is -1.51. The van der Waals surface area contributed by atoms with Crippen LogP contribution in [-0.4, -0.2) is 54.1 Å². The maximum Gasteiger partial charge on any atom is 0.390 e. The van der Waals surface area contributed by atoms with Gasteiger partial charge in [-0.15, -0.1) is 0 Å². The van der Waals surface area contributed by atoms with E-state index in [1.54, 1.807) is 29.5 Å². The van der Waals surface area contributed by atoms with Gasteiger partial charge < -0.3 is 9.80 Å². The Kier molecular flexibility index (Phi) is 3.87. The van der Waals surface area contributed by atoms with E-state index in [0.29, 0.717) is 13.2 Å². The first kappa shape index (κ1) is 15.9. The molecular weight excluding hydrogens is 309 g/mol. The van der Waals surface area contributed by atoms with Crippen molar-refractivity contribution in [2.24, 2.45) is 4.99 Å². The fourth-order valence-corrected chi connectivity index (χ4v) is 2.91. The highest BCUT2D eigenvalue weighted by Crippen LogP contribution is 2.37. The van der Waals surface area contributed by atoms with Crippen LogP contribution in [0.15, 0.2) is 39.6 Å². The summed E-state index contributed by atoms with van der Waals surface area (Å²) in [5.41, 5.74) is 3.62. The van der Waals surface area contributed by atoms with Gasteiger partial charge in [0, 0.05) is 13.1 Å². The van der Waals surface area contributed by atoms with E-state index >= 15 is 0 Å². The fourth-order valence-electron chi connectivity index (χ4n) is 2.91. The molecule has 0 atom stereocenters. The molecule has 0 aromatic carbocycles. The molecule has 0 aromatic rings. The van der Waals surface area contributed by atoms with Gasteiger partial charge in [-0.05, 0) is 25.0 Å². The summed E-state index contributed by atoms with van der Waals surface area (Å²) >= 11 is 0. The minimum Gasteiger partial charge on any atom is -0.352 e. The number of nitrogens with zero attached hydrogens (tertiary/aromatic N) is 4. The first-order valence-electron chi connectivity index (χ1n) is 7.37. The molecule has 0 spiro atoms. The Morgan fingerprint density at radius 2 is 2.04 bits per heavy atom. The highest BCUT2D eigenvalue weighted by Gasteiger charge is 2.36. The van der Waals surface area contributed by atoms with Crippen LogP contribution in [0.1, 0.15) is 20.3 Å². The van der Waals surface area contributed by atoms with Gasteiger partial charge in [-0.25, -0.2) is 5.06 Å². The number of rotatable bonds is 3. The van der Waals surface area contributed by atoms with E-state index in [1.165, 1.54) is 0 Å². The van der Waals surface area contributed by atoms with E-state index in [4.69, 9.17) is 4.84 Å². The molecule has 0 aliphatic carbocycles. The summed E-state index contributed by atoms with van der Waals surface area (Å²) in [5.74, 6) is 0.727. The van der Waals surface area contributed by atoms with Crippen LogP contribution in [-0.2, 0) is 4.84 Å². The zero-order chi connectivity index (χ0) is 16.8. The zero-order valence-corrected chi connectivity index (χ0v) is 13.3. The number of allylic oxidation sites excluding steroid dienone is 2. The Balaban J connectivity index is 1.93. The van der Waals surface area contributed by atoms with Gasteiger partial charge >= 0.3 is 6.18 Å². The molecule has 3 heterocycles. The maximum absolute atomic E-state index is 12.7. The third-order valence-electron chi connectivity index (χ3n) is 4.28. The molecule has 126 valence electrons. The minimum absolute atomic E-state index is 0.0841. The van der Waals surface area contributed by atoms with Crippen molar-refractivity contribution >= 4 is 6.21 Å². The lowest BCUT2D eigenvalue weighted by atomic mass is 10.0. The number of aliphatic imine (C=N–C) groups is 1. The largest absolute Gasteiger partial charge is 0.390 e. The molecule has 0 radical (unpaired) electrons. The molecule has 0 bridgehead atoms. The molecule has 0 N–H and O–H groups in total. The number of hydroxylamine groups is 2. The maximum atomic E-state index is 12.7. The third-order valence-corrected chi connectivity index (χ3v) is 4.28. The lowest BCUT2D eigenvalue weighted by Gasteiger charge is -2.40. The smallest absolute Gasteiger partial charge is 0.352 e. The van der Waals surface area contributed by atoms with Crippen molar-refractivity contribution in [1.29, 1.82) is 0 Å². The summed E-state index contributed by atoms with van der Waals surface area (Å²) < 4.78 is 38.0. The monoisotopic (exact) mass is 328 g/mol. The van der Waals surface area contributed by atoms with Gasteiger partial charge in [0.05, 0.1) is 31.6 Å². The molecule has 8 heteroatoms. The van der Waals surface area contributed by atoms with Gasteiger partial charge in [0.1, 0.15) is 18.2 Å². The van der Waals surface area contributed by atoms with Gasteiger partial charge in [-0.1, -0.05) is 0 Å². The van der Waals surface area contributed by atoms with Crippen molar-refractivity contribution in [3.63, 3.8) is 0 Å². The SMILES string of the molecule is CON1C=C2C=NC3=C(N(CCC(F)(F)F)CC(C)=C3C)N2C1. The molecule has 0 fully saturated rings. The number of alkyl halides is 3. The normalized spacial score (nSPS) is 21.1. The summed E-state index contributed by atoms with van der Waals surface area (Å²) in [6, 6.07) is 0. The minimum atomic E-state index is -4.18. The van der Waals surface area contributed by atoms with Crippen LogP contribution in [0, 0.1) is 0 Å². The van der Waals surface area contributed by atoms with Crippen LogP contribution >= 0.6 is 0 Å². The van der Waals surface area contributed by atoms with E-state index in [-0.39, 0.29) is 6.54 Å². The standard InChI is InChI=1S/C15H19F3N4O/c1-10-7-20(5-4-15(16,17)18)14-13(11(10)2)19-6-12-8-21(23-3)9-22(12)14/h6,8H,4-5,7,9H2,1-3H3. The van der Waals surface area contributed by atoms with Crippen molar-refractivity contribution in [3.8, 4) is 0 Å². The molecule has 0 aromatic heterocycles. The Morgan fingerprint density at radius 1 is 1.30 bits per heavy atom. The van der Waals surface area contributed by atoms with E-state index in [9.17, 15) is 13.2 Å². The average molecular weight is 328 g/mol. The third kappa shape index (κ3) is 2.95. The lowest BCUT2D eigenvalue weighted by molar-refractivity contribution is -0.137. The van der Waals surface area contributed by atoms with Crippen molar-refractivity contribution in [2.75, 3.05) is 26.9 Å². The van der Waals surface area contributed by atoms with Crippen LogP contribution in [0.3, 0.4) is 0 Å². The Hall–Kier alpha value is -1.96. The first-order valence-corrected chi connectivity index (χ1v) is 7.37. The van der Waals surface area contributed by atoms with Crippen LogP contribution < -0.4 is 0 Å². The van der Waals surface area contributed by atoms with Crippen LogP contribution in [0.25, 0.3) is 0 Å². The van der Waals surface area contributed by atoms with Crippen LogP contribution in [0.5, 0.6) is 0 Å². The molecule has 3 aliphatic rings. The van der Waals surface area contributed by atoms with Gasteiger partial charge in [0.25, 0.3) is 0 Å². The van der Waals surface area contributed by atoms with Crippen molar-refractivity contribution in [3.05, 3.63) is 34.6 Å². The molecular formula is C15H19F3N4O. The second-order valence-corrected chi connectivity index (χ2v) is 5.85. The zero-order valence-electron chi connectivity index (χ0n) is 13.3. The lowest BCUT2D eigenvalue weighted by Crippen LogP contribution is -2.42. The quantitative estimate of drug-likeness (QED) is 0.797. The predicted molar refractivity (Wildman–Crippen MR) is 79.8 cm³/mol. The summed E-state index contributed by atoms with van der Waals surface area (Å²) in [4.78, 5) is 13.4.